The van der Waals surface area contributed by atoms with E-state index >= 15 is 0 Å². The third-order valence-electron chi connectivity index (χ3n) is 1.80. The Balaban J connectivity index is 2.54. The largest absolute Gasteiger partial charge is 0.480 e. The maximum absolute atomic E-state index is 10.4. The molecule has 0 saturated carbocycles. The molecule has 1 aliphatic heterocycles. The molecule has 4 nitrogen and oxygen atoms in total. The van der Waals surface area contributed by atoms with Gasteiger partial charge in [0.05, 0.1) is 0 Å². The molecule has 0 aromatic carbocycles. The van der Waals surface area contributed by atoms with Gasteiger partial charge in [0.2, 0.25) is 0 Å². The summed E-state index contributed by atoms with van der Waals surface area (Å²) in [5.41, 5.74) is 0. The summed E-state index contributed by atoms with van der Waals surface area (Å²) >= 11 is 0. The van der Waals surface area contributed by atoms with Gasteiger partial charge in [-0.15, -0.1) is 0 Å². The molecule has 3 N–H and O–H groups in total. The van der Waals surface area contributed by atoms with Crippen LogP contribution in [0.1, 0.15) is 13.3 Å². The van der Waals surface area contributed by atoms with Crippen LogP contribution in [0.2, 0.25) is 0 Å². The first-order valence-electron chi connectivity index (χ1n) is 3.28. The summed E-state index contributed by atoms with van der Waals surface area (Å²) in [6.07, 6.45) is -0.118. The molecule has 3 atom stereocenters. The van der Waals surface area contributed by atoms with E-state index in [0.29, 0.717) is 6.42 Å². The van der Waals surface area contributed by atoms with Crippen molar-refractivity contribution in [2.45, 2.75) is 25.6 Å². The number of aliphatic carboxylic acids is 1. The van der Waals surface area contributed by atoms with E-state index in [-0.39, 0.29) is 5.92 Å². The molecule has 1 heterocycles. The van der Waals surface area contributed by atoms with Crippen molar-refractivity contribution >= 4 is 5.97 Å². The molecule has 0 aromatic rings. The number of hydrogen-bond donors (Lipinski definition) is 3. The molecule has 0 aromatic heterocycles. The minimum absolute atomic E-state index is 0.0208. The van der Waals surface area contributed by atoms with Crippen LogP contribution in [0.15, 0.2) is 0 Å². The van der Waals surface area contributed by atoms with Gasteiger partial charge in [-0.1, -0.05) is 6.92 Å². The molecule has 0 amide bonds. The number of carboxylic acid groups (broad SMARTS) is 1. The smallest absolute Gasteiger partial charge is 0.321 e. The minimum Gasteiger partial charge on any atom is -0.480 e. The van der Waals surface area contributed by atoms with Crippen LogP contribution >= 0.6 is 0 Å². The number of aliphatic hydroxyl groups is 1. The van der Waals surface area contributed by atoms with Crippen molar-refractivity contribution in [2.75, 3.05) is 0 Å². The Hall–Kier alpha value is -0.610. The molecule has 1 rings (SSSR count). The highest BCUT2D eigenvalue weighted by Gasteiger charge is 2.34. The Labute approximate surface area is 58.9 Å². The molecule has 1 unspecified atom stereocenters. The second kappa shape index (κ2) is 2.56. The van der Waals surface area contributed by atoms with Gasteiger partial charge < -0.3 is 10.2 Å². The van der Waals surface area contributed by atoms with Crippen molar-refractivity contribution < 1.29 is 15.0 Å². The molecule has 58 valence electrons. The Kier molecular flexibility index (Phi) is 1.92. The lowest BCUT2D eigenvalue weighted by Gasteiger charge is -2.07. The quantitative estimate of drug-likeness (QED) is 0.460. The van der Waals surface area contributed by atoms with Crippen molar-refractivity contribution in [3.8, 4) is 0 Å². The molecule has 4 heteroatoms. The Morgan fingerprint density at radius 3 is 2.50 bits per heavy atom. The standard InChI is InChI=1S/C6H11NO3/c1-3-2-4(8)7-5(3)6(9)10/h3-5,7-8H,2H2,1H3,(H,9,10)/t3-,4?,5+/m1/s1. The van der Waals surface area contributed by atoms with E-state index in [1.165, 1.54) is 0 Å². The Morgan fingerprint density at radius 2 is 2.30 bits per heavy atom. The van der Waals surface area contributed by atoms with E-state index in [2.05, 4.69) is 5.32 Å². The summed E-state index contributed by atoms with van der Waals surface area (Å²) in [6, 6.07) is -0.574. The molecule has 0 bridgehead atoms. The van der Waals surface area contributed by atoms with Gasteiger partial charge >= 0.3 is 5.97 Å². The van der Waals surface area contributed by atoms with Crippen LogP contribution in [-0.2, 0) is 4.79 Å². The fraction of sp³-hybridized carbons (Fsp3) is 0.833. The van der Waals surface area contributed by atoms with Crippen molar-refractivity contribution in [3.63, 3.8) is 0 Å². The summed E-state index contributed by atoms with van der Waals surface area (Å²) in [6.45, 7) is 1.81. The average molecular weight is 145 g/mol. The SMILES string of the molecule is C[C@@H]1CC(O)N[C@@H]1C(=O)O. The van der Waals surface area contributed by atoms with Crippen molar-refractivity contribution in [2.24, 2.45) is 5.92 Å². The number of carbonyl (C=O) groups is 1. The molecule has 0 aliphatic carbocycles. The zero-order valence-corrected chi connectivity index (χ0v) is 5.74. The third kappa shape index (κ3) is 1.27. The van der Waals surface area contributed by atoms with E-state index in [1.54, 1.807) is 0 Å². The van der Waals surface area contributed by atoms with Crippen LogP contribution in [0.25, 0.3) is 0 Å². The van der Waals surface area contributed by atoms with Crippen LogP contribution in [0.3, 0.4) is 0 Å². The Bertz CT molecular complexity index is 148. The van der Waals surface area contributed by atoms with E-state index < -0.39 is 18.2 Å². The second-order valence-corrected chi connectivity index (χ2v) is 2.71. The predicted octanol–water partition coefficient (Wildman–Crippen LogP) is -0.613. The first-order valence-corrected chi connectivity index (χ1v) is 3.28. The molecular formula is C6H11NO3. The van der Waals surface area contributed by atoms with Crippen LogP contribution in [0.5, 0.6) is 0 Å². The second-order valence-electron chi connectivity index (χ2n) is 2.71. The molecule has 1 aliphatic rings. The first kappa shape index (κ1) is 7.50. The number of rotatable bonds is 1. The summed E-state index contributed by atoms with van der Waals surface area (Å²) in [5.74, 6) is -0.864. The average Bonchev–Trinajstić information content (AvgIpc) is 2.10. The number of hydrogen-bond acceptors (Lipinski definition) is 3. The van der Waals surface area contributed by atoms with Crippen LogP contribution in [0, 0.1) is 5.92 Å². The van der Waals surface area contributed by atoms with Gasteiger partial charge in [0, 0.05) is 0 Å². The molecule has 0 radical (unpaired) electrons. The van der Waals surface area contributed by atoms with Crippen molar-refractivity contribution in [1.82, 2.24) is 5.32 Å². The summed E-state index contributed by atoms with van der Waals surface area (Å²) in [5, 5.41) is 20.0. The van der Waals surface area contributed by atoms with Gasteiger partial charge in [-0.2, -0.15) is 0 Å². The summed E-state index contributed by atoms with van der Waals surface area (Å²) < 4.78 is 0. The van der Waals surface area contributed by atoms with Gasteiger partial charge in [-0.05, 0) is 12.3 Å². The lowest BCUT2D eigenvalue weighted by Crippen LogP contribution is -2.37. The summed E-state index contributed by atoms with van der Waals surface area (Å²) in [4.78, 5) is 10.4. The lowest BCUT2D eigenvalue weighted by molar-refractivity contribution is -0.140. The molecular weight excluding hydrogens is 134 g/mol. The van der Waals surface area contributed by atoms with Crippen LogP contribution in [0.4, 0.5) is 0 Å². The topological polar surface area (TPSA) is 69.6 Å². The van der Waals surface area contributed by atoms with E-state index in [0.717, 1.165) is 0 Å². The highest BCUT2D eigenvalue weighted by Crippen LogP contribution is 2.17. The van der Waals surface area contributed by atoms with Gasteiger partial charge in [0.25, 0.3) is 0 Å². The molecule has 1 fully saturated rings. The number of nitrogens with one attached hydrogen (secondary N) is 1. The summed E-state index contributed by atoms with van der Waals surface area (Å²) in [7, 11) is 0. The Morgan fingerprint density at radius 1 is 1.70 bits per heavy atom. The van der Waals surface area contributed by atoms with Crippen LogP contribution < -0.4 is 5.32 Å². The van der Waals surface area contributed by atoms with E-state index in [1.807, 2.05) is 6.92 Å². The molecule has 1 saturated heterocycles. The maximum atomic E-state index is 10.4. The highest BCUT2D eigenvalue weighted by atomic mass is 16.4. The highest BCUT2D eigenvalue weighted by molar-refractivity contribution is 5.74. The van der Waals surface area contributed by atoms with Crippen molar-refractivity contribution in [3.05, 3.63) is 0 Å². The first-order chi connectivity index (χ1) is 4.61. The fourth-order valence-electron chi connectivity index (χ4n) is 1.24. The zero-order chi connectivity index (χ0) is 7.72. The predicted molar refractivity (Wildman–Crippen MR) is 34.3 cm³/mol. The van der Waals surface area contributed by atoms with Crippen molar-refractivity contribution in [1.29, 1.82) is 0 Å². The minimum atomic E-state index is -0.885. The third-order valence-corrected chi connectivity index (χ3v) is 1.80. The molecule has 10 heavy (non-hydrogen) atoms. The van der Waals surface area contributed by atoms with Gasteiger partial charge in [-0.25, -0.2) is 0 Å². The number of carboxylic acids is 1. The maximum Gasteiger partial charge on any atom is 0.321 e. The monoisotopic (exact) mass is 145 g/mol. The van der Waals surface area contributed by atoms with Crippen LogP contribution in [-0.4, -0.2) is 28.5 Å². The zero-order valence-electron chi connectivity index (χ0n) is 5.74. The van der Waals surface area contributed by atoms with Gasteiger partial charge in [0.1, 0.15) is 12.3 Å². The fourth-order valence-corrected chi connectivity index (χ4v) is 1.24. The molecule has 0 spiro atoms. The number of aliphatic hydroxyl groups excluding tert-OH is 1. The van der Waals surface area contributed by atoms with Gasteiger partial charge in [-0.3, -0.25) is 10.1 Å². The van der Waals surface area contributed by atoms with Gasteiger partial charge in [0.15, 0.2) is 0 Å². The lowest BCUT2D eigenvalue weighted by atomic mass is 10.0. The van der Waals surface area contributed by atoms with E-state index in [4.69, 9.17) is 10.2 Å². The van der Waals surface area contributed by atoms with E-state index in [9.17, 15) is 4.79 Å². The normalized spacial score (nSPS) is 40.0.